The molecule has 8 heteroatoms. The van der Waals surface area contributed by atoms with Crippen LogP contribution < -0.4 is 10.9 Å². The molecule has 0 bridgehead atoms. The Kier molecular flexibility index (Phi) is 4.04. The largest absolute Gasteiger partial charge is 0.300 e. The molecule has 7 nitrogen and oxygen atoms in total. The average molecular weight is 355 g/mol. The molecule has 1 atom stereocenters. The van der Waals surface area contributed by atoms with Gasteiger partial charge in [0.15, 0.2) is 5.13 Å². The first kappa shape index (κ1) is 15.9. The van der Waals surface area contributed by atoms with Crippen LogP contribution in [-0.2, 0) is 24.2 Å². The molecule has 0 fully saturated rings. The summed E-state index contributed by atoms with van der Waals surface area (Å²) in [5.74, 6) is 0.328. The smallest absolute Gasteiger partial charge is 0.278 e. The first-order valence-corrected chi connectivity index (χ1v) is 9.03. The van der Waals surface area contributed by atoms with Crippen molar-refractivity contribution in [1.82, 2.24) is 20.0 Å². The first-order chi connectivity index (χ1) is 12.1. The maximum Gasteiger partial charge on any atom is 0.278 e. The second-order valence-corrected chi connectivity index (χ2v) is 7.44. The van der Waals surface area contributed by atoms with Gasteiger partial charge < -0.3 is 5.32 Å². The number of nitrogens with one attached hydrogen (secondary N) is 1. The number of benzene rings is 1. The minimum Gasteiger partial charge on any atom is -0.300 e. The van der Waals surface area contributed by atoms with E-state index in [-0.39, 0.29) is 18.0 Å². The number of hydrogen-bond donors (Lipinski definition) is 1. The van der Waals surface area contributed by atoms with E-state index >= 15 is 0 Å². The standard InChI is InChI=1S/C17H17N5O2S/c1-10-6-7-13-14(8-10)25-17(18-13)19-15(23)9-22-16(24)11-4-2-3-5-12(11)20-21-22/h2-5,10H,6-9H2,1H3,(H,18,19,23)/t10-/m1/s1. The topological polar surface area (TPSA) is 89.8 Å². The molecule has 25 heavy (non-hydrogen) atoms. The Labute approximate surface area is 147 Å². The van der Waals surface area contributed by atoms with Crippen LogP contribution in [0, 0.1) is 5.92 Å². The number of aryl methyl sites for hydroxylation is 1. The Balaban J connectivity index is 1.51. The van der Waals surface area contributed by atoms with Crippen molar-refractivity contribution in [2.45, 2.75) is 32.7 Å². The Morgan fingerprint density at radius 3 is 3.12 bits per heavy atom. The van der Waals surface area contributed by atoms with E-state index in [0.29, 0.717) is 22.0 Å². The summed E-state index contributed by atoms with van der Waals surface area (Å²) >= 11 is 1.52. The average Bonchev–Trinajstić information content (AvgIpc) is 2.98. The van der Waals surface area contributed by atoms with Crippen LogP contribution in [0.15, 0.2) is 29.1 Å². The van der Waals surface area contributed by atoms with Gasteiger partial charge in [-0.2, -0.15) is 0 Å². The van der Waals surface area contributed by atoms with Gasteiger partial charge in [0.05, 0.1) is 11.1 Å². The van der Waals surface area contributed by atoms with Crippen molar-refractivity contribution in [3.63, 3.8) is 0 Å². The number of amides is 1. The molecule has 2 aromatic heterocycles. The van der Waals surface area contributed by atoms with Crippen molar-refractivity contribution in [3.8, 4) is 0 Å². The predicted molar refractivity (Wildman–Crippen MR) is 95.7 cm³/mol. The number of aromatic nitrogens is 4. The highest BCUT2D eigenvalue weighted by Gasteiger charge is 2.20. The Hall–Kier alpha value is -2.61. The van der Waals surface area contributed by atoms with E-state index in [1.165, 1.54) is 16.2 Å². The lowest BCUT2D eigenvalue weighted by molar-refractivity contribution is -0.117. The number of hydrogen-bond acceptors (Lipinski definition) is 6. The van der Waals surface area contributed by atoms with Crippen molar-refractivity contribution in [1.29, 1.82) is 0 Å². The van der Waals surface area contributed by atoms with Gasteiger partial charge in [-0.25, -0.2) is 9.67 Å². The molecular formula is C17H17N5O2S. The molecule has 1 amide bonds. The number of anilines is 1. The van der Waals surface area contributed by atoms with Gasteiger partial charge in [0, 0.05) is 4.88 Å². The molecule has 0 saturated carbocycles. The van der Waals surface area contributed by atoms with Gasteiger partial charge >= 0.3 is 0 Å². The van der Waals surface area contributed by atoms with Crippen LogP contribution in [0.2, 0.25) is 0 Å². The van der Waals surface area contributed by atoms with Crippen LogP contribution in [0.5, 0.6) is 0 Å². The van der Waals surface area contributed by atoms with Crippen molar-refractivity contribution in [2.24, 2.45) is 5.92 Å². The highest BCUT2D eigenvalue weighted by molar-refractivity contribution is 7.15. The van der Waals surface area contributed by atoms with Crippen molar-refractivity contribution >= 4 is 33.3 Å². The molecule has 1 N–H and O–H groups in total. The van der Waals surface area contributed by atoms with Gasteiger partial charge in [0.25, 0.3) is 5.56 Å². The zero-order chi connectivity index (χ0) is 17.4. The molecule has 0 radical (unpaired) electrons. The highest BCUT2D eigenvalue weighted by Crippen LogP contribution is 2.32. The van der Waals surface area contributed by atoms with Crippen LogP contribution >= 0.6 is 11.3 Å². The number of carbonyl (C=O) groups excluding carboxylic acids is 1. The normalized spacial score (nSPS) is 16.6. The van der Waals surface area contributed by atoms with Gasteiger partial charge in [-0.1, -0.05) is 24.3 Å². The lowest BCUT2D eigenvalue weighted by atomic mass is 9.93. The summed E-state index contributed by atoms with van der Waals surface area (Å²) in [6.07, 6.45) is 3.10. The quantitative estimate of drug-likeness (QED) is 0.776. The highest BCUT2D eigenvalue weighted by atomic mass is 32.1. The molecule has 128 valence electrons. The number of rotatable bonds is 3. The van der Waals surface area contributed by atoms with E-state index in [1.807, 2.05) is 0 Å². The van der Waals surface area contributed by atoms with Crippen LogP contribution in [-0.4, -0.2) is 25.9 Å². The zero-order valence-electron chi connectivity index (χ0n) is 13.7. The second-order valence-electron chi connectivity index (χ2n) is 6.35. The lowest BCUT2D eigenvalue weighted by Crippen LogP contribution is -2.30. The zero-order valence-corrected chi connectivity index (χ0v) is 14.5. The molecule has 4 rings (SSSR count). The minimum absolute atomic E-state index is 0.183. The lowest BCUT2D eigenvalue weighted by Gasteiger charge is -2.15. The summed E-state index contributed by atoms with van der Waals surface area (Å²) < 4.78 is 1.08. The summed E-state index contributed by atoms with van der Waals surface area (Å²) in [6.45, 7) is 2.04. The molecule has 0 saturated heterocycles. The van der Waals surface area contributed by atoms with Crippen LogP contribution in [0.3, 0.4) is 0 Å². The van der Waals surface area contributed by atoms with Gasteiger partial charge in [-0.15, -0.1) is 16.4 Å². The van der Waals surface area contributed by atoms with Crippen LogP contribution in [0.25, 0.3) is 10.9 Å². The Morgan fingerprint density at radius 2 is 2.24 bits per heavy atom. The van der Waals surface area contributed by atoms with E-state index < -0.39 is 0 Å². The fraction of sp³-hybridized carbons (Fsp3) is 0.353. The summed E-state index contributed by atoms with van der Waals surface area (Å²) in [6, 6.07) is 6.95. The van der Waals surface area contributed by atoms with Gasteiger partial charge in [-0.3, -0.25) is 9.59 Å². The van der Waals surface area contributed by atoms with E-state index in [9.17, 15) is 9.59 Å². The van der Waals surface area contributed by atoms with Crippen molar-refractivity contribution < 1.29 is 4.79 Å². The van der Waals surface area contributed by atoms with Gasteiger partial charge in [0.1, 0.15) is 12.1 Å². The van der Waals surface area contributed by atoms with Crippen LogP contribution in [0.1, 0.15) is 23.9 Å². The molecule has 1 aromatic carbocycles. The van der Waals surface area contributed by atoms with Crippen molar-refractivity contribution in [3.05, 3.63) is 45.2 Å². The van der Waals surface area contributed by atoms with E-state index in [2.05, 4.69) is 27.5 Å². The number of fused-ring (bicyclic) bond motifs is 2. The van der Waals surface area contributed by atoms with E-state index in [1.54, 1.807) is 24.3 Å². The van der Waals surface area contributed by atoms with E-state index in [4.69, 9.17) is 0 Å². The minimum atomic E-state index is -0.328. The number of thiazole rings is 1. The molecule has 2 heterocycles. The van der Waals surface area contributed by atoms with E-state index in [0.717, 1.165) is 29.6 Å². The summed E-state index contributed by atoms with van der Waals surface area (Å²) in [5, 5.41) is 11.6. The second kappa shape index (κ2) is 6.36. The SMILES string of the molecule is C[C@@H]1CCc2nc(NC(=O)Cn3nnc4ccccc4c3=O)sc2C1. The summed E-state index contributed by atoms with van der Waals surface area (Å²) in [4.78, 5) is 30.4. The monoisotopic (exact) mass is 355 g/mol. The molecule has 1 aliphatic rings. The molecular weight excluding hydrogens is 338 g/mol. The third-order valence-electron chi connectivity index (χ3n) is 4.36. The molecule has 1 aliphatic carbocycles. The molecule has 0 aliphatic heterocycles. The molecule has 3 aromatic rings. The fourth-order valence-corrected chi connectivity index (χ4v) is 4.20. The number of nitrogens with zero attached hydrogens (tertiary/aromatic N) is 4. The molecule has 0 spiro atoms. The van der Waals surface area contributed by atoms with Gasteiger partial charge in [0.2, 0.25) is 5.91 Å². The summed E-state index contributed by atoms with van der Waals surface area (Å²) in [5.41, 5.74) is 1.28. The fourth-order valence-electron chi connectivity index (χ4n) is 3.02. The predicted octanol–water partition coefficient (Wildman–Crippen LogP) is 2.01. The van der Waals surface area contributed by atoms with Crippen LogP contribution in [0.4, 0.5) is 5.13 Å². The summed E-state index contributed by atoms with van der Waals surface area (Å²) in [7, 11) is 0. The molecule has 0 unspecified atom stereocenters. The maximum atomic E-state index is 12.4. The third kappa shape index (κ3) is 3.17. The number of carbonyl (C=O) groups is 1. The third-order valence-corrected chi connectivity index (χ3v) is 5.39. The van der Waals surface area contributed by atoms with Gasteiger partial charge in [-0.05, 0) is 37.3 Å². The maximum absolute atomic E-state index is 12.4. The van der Waals surface area contributed by atoms with Crippen molar-refractivity contribution in [2.75, 3.05) is 5.32 Å². The Bertz CT molecular complexity index is 1010. The first-order valence-electron chi connectivity index (χ1n) is 8.21. The Morgan fingerprint density at radius 1 is 1.40 bits per heavy atom.